The molecule has 0 aliphatic carbocycles. The van der Waals surface area contributed by atoms with Gasteiger partial charge in [-0.15, -0.1) is 0 Å². The zero-order valence-electron chi connectivity index (χ0n) is 10.5. The van der Waals surface area contributed by atoms with Crippen molar-refractivity contribution in [1.82, 2.24) is 9.97 Å². The lowest BCUT2D eigenvalue weighted by molar-refractivity contribution is 0.412. The van der Waals surface area contributed by atoms with Gasteiger partial charge in [0.25, 0.3) is 0 Å². The van der Waals surface area contributed by atoms with Crippen LogP contribution in [0.25, 0.3) is 0 Å². The van der Waals surface area contributed by atoms with Crippen molar-refractivity contribution >= 4 is 11.5 Å². The number of benzene rings is 1. The first-order valence-electron chi connectivity index (χ1n) is 5.65. The van der Waals surface area contributed by atoms with E-state index in [0.29, 0.717) is 18.2 Å². The minimum Gasteiger partial charge on any atom is -0.496 e. The predicted molar refractivity (Wildman–Crippen MR) is 71.5 cm³/mol. The molecular weight excluding hydrogens is 228 g/mol. The molecule has 0 atom stereocenters. The van der Waals surface area contributed by atoms with Crippen molar-refractivity contribution in [2.45, 2.75) is 13.5 Å². The second-order valence-electron chi connectivity index (χ2n) is 3.94. The summed E-state index contributed by atoms with van der Waals surface area (Å²) in [5.41, 5.74) is 7.67. The Labute approximate surface area is 106 Å². The highest BCUT2D eigenvalue weighted by molar-refractivity contribution is 5.50. The summed E-state index contributed by atoms with van der Waals surface area (Å²) in [7, 11) is 1.66. The van der Waals surface area contributed by atoms with Gasteiger partial charge in [-0.3, -0.25) is 0 Å². The summed E-state index contributed by atoms with van der Waals surface area (Å²) < 4.78 is 5.21. The number of nitrogen functional groups attached to an aromatic ring is 1. The van der Waals surface area contributed by atoms with E-state index in [4.69, 9.17) is 10.5 Å². The molecule has 1 aromatic carbocycles. The molecule has 2 rings (SSSR count). The topological polar surface area (TPSA) is 73.1 Å². The third kappa shape index (κ3) is 2.88. The molecule has 0 saturated carbocycles. The normalized spacial score (nSPS) is 10.1. The van der Waals surface area contributed by atoms with Gasteiger partial charge >= 0.3 is 0 Å². The van der Waals surface area contributed by atoms with Gasteiger partial charge in [0.2, 0.25) is 0 Å². The van der Waals surface area contributed by atoms with Crippen LogP contribution in [0.5, 0.6) is 5.75 Å². The third-order valence-corrected chi connectivity index (χ3v) is 2.57. The molecule has 0 aliphatic heterocycles. The molecule has 1 heterocycles. The second kappa shape index (κ2) is 5.35. The minimum absolute atomic E-state index is 0.479. The molecular formula is C13H16N4O. The van der Waals surface area contributed by atoms with E-state index in [1.165, 1.54) is 0 Å². The summed E-state index contributed by atoms with van der Waals surface area (Å²) in [6.07, 6.45) is 1.65. The Morgan fingerprint density at radius 2 is 2.17 bits per heavy atom. The Morgan fingerprint density at radius 1 is 1.33 bits per heavy atom. The predicted octanol–water partition coefficient (Wildman–Crippen LogP) is 1.99. The first-order valence-corrected chi connectivity index (χ1v) is 5.65. The van der Waals surface area contributed by atoms with E-state index >= 15 is 0 Å². The summed E-state index contributed by atoms with van der Waals surface area (Å²) in [5.74, 6) is 2.02. The van der Waals surface area contributed by atoms with Gasteiger partial charge in [-0.1, -0.05) is 0 Å². The molecule has 0 bridgehead atoms. The average molecular weight is 244 g/mol. The van der Waals surface area contributed by atoms with Crippen molar-refractivity contribution < 1.29 is 4.74 Å². The summed E-state index contributed by atoms with van der Waals surface area (Å²) >= 11 is 0. The number of rotatable bonds is 4. The number of anilines is 2. The molecule has 5 heteroatoms. The summed E-state index contributed by atoms with van der Waals surface area (Å²) in [4.78, 5) is 8.26. The molecule has 94 valence electrons. The molecule has 0 saturated heterocycles. The third-order valence-electron chi connectivity index (χ3n) is 2.57. The number of hydrogen-bond acceptors (Lipinski definition) is 5. The Balaban J connectivity index is 2.04. The number of aromatic nitrogens is 2. The van der Waals surface area contributed by atoms with E-state index in [1.807, 2.05) is 25.1 Å². The number of hydrogen-bond donors (Lipinski definition) is 2. The van der Waals surface area contributed by atoms with Gasteiger partial charge in [0.05, 0.1) is 13.7 Å². The minimum atomic E-state index is 0.479. The largest absolute Gasteiger partial charge is 0.496 e. The molecule has 0 fully saturated rings. The van der Waals surface area contributed by atoms with Crippen molar-refractivity contribution in [2.24, 2.45) is 0 Å². The fraction of sp³-hybridized carbons (Fsp3) is 0.231. The number of nitrogens with one attached hydrogen (secondary N) is 1. The Morgan fingerprint density at radius 3 is 2.83 bits per heavy atom. The quantitative estimate of drug-likeness (QED) is 0.860. The lowest BCUT2D eigenvalue weighted by Gasteiger charge is -2.09. The van der Waals surface area contributed by atoms with Gasteiger partial charge in [-0.05, 0) is 36.8 Å². The molecule has 0 aliphatic rings. The molecule has 3 N–H and O–H groups in total. The van der Waals surface area contributed by atoms with Gasteiger partial charge in [-0.25, -0.2) is 9.97 Å². The molecule has 2 aromatic rings. The fourth-order valence-electron chi connectivity index (χ4n) is 1.67. The number of nitrogens with zero attached hydrogens (tertiary/aromatic N) is 2. The summed E-state index contributed by atoms with van der Waals surface area (Å²) in [6, 6.07) is 7.57. The maximum absolute atomic E-state index is 5.59. The van der Waals surface area contributed by atoms with Crippen LogP contribution in [0.2, 0.25) is 0 Å². The molecule has 0 unspecified atom stereocenters. The van der Waals surface area contributed by atoms with E-state index in [2.05, 4.69) is 15.3 Å². The number of ether oxygens (including phenoxy) is 1. The maximum Gasteiger partial charge on any atom is 0.149 e. The van der Waals surface area contributed by atoms with Crippen LogP contribution in [0.3, 0.4) is 0 Å². The molecule has 0 amide bonds. The van der Waals surface area contributed by atoms with Crippen LogP contribution in [0.15, 0.2) is 30.5 Å². The summed E-state index contributed by atoms with van der Waals surface area (Å²) in [5, 5.41) is 3.24. The average Bonchev–Trinajstić information content (AvgIpc) is 2.37. The van der Waals surface area contributed by atoms with E-state index in [9.17, 15) is 0 Å². The Hall–Kier alpha value is -2.30. The van der Waals surface area contributed by atoms with Crippen molar-refractivity contribution in [3.63, 3.8) is 0 Å². The number of methoxy groups -OCH3 is 1. The SMILES string of the molecule is COc1ccc(NCc2nccc(N)n2)cc1C. The van der Waals surface area contributed by atoms with Gasteiger partial charge < -0.3 is 15.8 Å². The van der Waals surface area contributed by atoms with Crippen LogP contribution in [0, 0.1) is 6.92 Å². The van der Waals surface area contributed by atoms with Crippen LogP contribution in [0.1, 0.15) is 11.4 Å². The molecule has 5 nitrogen and oxygen atoms in total. The standard InChI is InChI=1S/C13H16N4O/c1-9-7-10(3-4-11(9)18-2)16-8-13-15-6-5-12(14)17-13/h3-7,16H,8H2,1-2H3,(H2,14,15,17). The second-order valence-corrected chi connectivity index (χ2v) is 3.94. The number of nitrogens with two attached hydrogens (primary N) is 1. The molecule has 0 spiro atoms. The van der Waals surface area contributed by atoms with E-state index in [-0.39, 0.29) is 0 Å². The van der Waals surface area contributed by atoms with Crippen molar-refractivity contribution in [3.8, 4) is 5.75 Å². The molecule has 0 radical (unpaired) electrons. The highest BCUT2D eigenvalue weighted by Gasteiger charge is 2.01. The van der Waals surface area contributed by atoms with Crippen LogP contribution in [-0.2, 0) is 6.54 Å². The van der Waals surface area contributed by atoms with E-state index in [0.717, 1.165) is 17.0 Å². The zero-order valence-corrected chi connectivity index (χ0v) is 10.5. The van der Waals surface area contributed by atoms with E-state index < -0.39 is 0 Å². The van der Waals surface area contributed by atoms with E-state index in [1.54, 1.807) is 19.4 Å². The fourth-order valence-corrected chi connectivity index (χ4v) is 1.67. The van der Waals surface area contributed by atoms with Gasteiger partial charge in [0, 0.05) is 11.9 Å². The van der Waals surface area contributed by atoms with Crippen molar-refractivity contribution in [3.05, 3.63) is 41.9 Å². The van der Waals surface area contributed by atoms with Crippen LogP contribution in [-0.4, -0.2) is 17.1 Å². The van der Waals surface area contributed by atoms with Crippen molar-refractivity contribution in [2.75, 3.05) is 18.2 Å². The van der Waals surface area contributed by atoms with Crippen LogP contribution >= 0.6 is 0 Å². The monoisotopic (exact) mass is 244 g/mol. The van der Waals surface area contributed by atoms with Crippen LogP contribution < -0.4 is 15.8 Å². The first-order chi connectivity index (χ1) is 8.69. The highest BCUT2D eigenvalue weighted by atomic mass is 16.5. The lowest BCUT2D eigenvalue weighted by atomic mass is 10.2. The molecule has 18 heavy (non-hydrogen) atoms. The Bertz CT molecular complexity index is 542. The highest BCUT2D eigenvalue weighted by Crippen LogP contribution is 2.21. The zero-order chi connectivity index (χ0) is 13.0. The van der Waals surface area contributed by atoms with Crippen molar-refractivity contribution in [1.29, 1.82) is 0 Å². The number of aryl methyl sites for hydroxylation is 1. The molecule has 1 aromatic heterocycles. The van der Waals surface area contributed by atoms with Gasteiger partial charge in [0.1, 0.15) is 17.4 Å². The van der Waals surface area contributed by atoms with Gasteiger partial charge in [0.15, 0.2) is 0 Å². The lowest BCUT2D eigenvalue weighted by Crippen LogP contribution is -2.05. The smallest absolute Gasteiger partial charge is 0.149 e. The van der Waals surface area contributed by atoms with Crippen LogP contribution in [0.4, 0.5) is 11.5 Å². The van der Waals surface area contributed by atoms with Gasteiger partial charge in [-0.2, -0.15) is 0 Å². The summed E-state index contributed by atoms with van der Waals surface area (Å²) in [6.45, 7) is 2.54. The maximum atomic E-state index is 5.59. The first kappa shape index (κ1) is 12.2. The Kier molecular flexibility index (Phi) is 3.62.